The lowest BCUT2D eigenvalue weighted by molar-refractivity contribution is 0.111. The molecule has 1 aromatic heterocycles. The van der Waals surface area contributed by atoms with Crippen LogP contribution in [0.5, 0.6) is 5.75 Å². The smallest absolute Gasteiger partial charge is 0.229 e. The second-order valence-corrected chi connectivity index (χ2v) is 4.95. The number of carbonyl (C=O) groups is 1. The molecule has 0 spiro atoms. The Morgan fingerprint density at radius 2 is 1.83 bits per heavy atom. The van der Waals surface area contributed by atoms with Gasteiger partial charge >= 0.3 is 0 Å². The number of carbonyl (C=O) groups excluding carboxylic acids is 1. The van der Waals surface area contributed by atoms with E-state index in [1.165, 1.54) is 4.57 Å². The minimum Gasteiger partial charge on any atom is -0.497 e. The van der Waals surface area contributed by atoms with Crippen molar-refractivity contribution in [1.29, 1.82) is 5.26 Å². The number of nitrogens with zero attached hydrogens (tertiary/aromatic N) is 3. The molecule has 0 atom stereocenters. The summed E-state index contributed by atoms with van der Waals surface area (Å²) in [5.74, 6) is 0.175. The van der Waals surface area contributed by atoms with E-state index in [1.54, 1.807) is 55.6 Å². The van der Waals surface area contributed by atoms with Gasteiger partial charge in [-0.1, -0.05) is 0 Å². The van der Waals surface area contributed by atoms with Crippen LogP contribution in [0.3, 0.4) is 0 Å². The molecule has 2 aromatic carbocycles. The summed E-state index contributed by atoms with van der Waals surface area (Å²) in [6.07, 6.45) is 0.377. The molecule has 0 saturated heterocycles. The first-order valence-corrected chi connectivity index (χ1v) is 7.06. The molecule has 5 nitrogen and oxygen atoms in total. The molecule has 3 aromatic rings. The van der Waals surface area contributed by atoms with E-state index in [4.69, 9.17) is 10.00 Å². The minimum absolute atomic E-state index is 0.273. The van der Waals surface area contributed by atoms with E-state index in [1.807, 2.05) is 6.07 Å². The van der Waals surface area contributed by atoms with Crippen molar-refractivity contribution in [3.05, 3.63) is 65.7 Å². The maximum absolute atomic E-state index is 14.6. The van der Waals surface area contributed by atoms with Crippen molar-refractivity contribution in [3.8, 4) is 28.9 Å². The Hall–Kier alpha value is -3.46. The van der Waals surface area contributed by atoms with E-state index in [2.05, 4.69) is 4.98 Å². The third-order valence-electron chi connectivity index (χ3n) is 3.56. The SMILES string of the molecule is COc1ccc(-n2c(-c3ccc(C#N)cc3)nc(C=O)c2F)cc1. The number of aromatic nitrogens is 2. The highest BCUT2D eigenvalue weighted by Gasteiger charge is 2.19. The number of imidazole rings is 1. The van der Waals surface area contributed by atoms with Crippen LogP contribution >= 0.6 is 0 Å². The zero-order chi connectivity index (χ0) is 17.1. The molecule has 118 valence electrons. The average Bonchev–Trinajstić information content (AvgIpc) is 2.98. The third-order valence-corrected chi connectivity index (χ3v) is 3.56. The molecule has 0 amide bonds. The Morgan fingerprint density at radius 1 is 1.17 bits per heavy atom. The third kappa shape index (κ3) is 2.63. The van der Waals surface area contributed by atoms with Gasteiger partial charge in [0.25, 0.3) is 0 Å². The maximum atomic E-state index is 14.6. The average molecular weight is 321 g/mol. The molecule has 0 aliphatic heterocycles. The first kappa shape index (κ1) is 15.4. The molecule has 0 aliphatic rings. The first-order chi connectivity index (χ1) is 11.7. The van der Waals surface area contributed by atoms with Crippen molar-refractivity contribution in [3.63, 3.8) is 0 Å². The standard InChI is InChI=1S/C18H12FN3O2/c1-24-15-8-6-14(7-9-15)22-17(19)16(11-23)21-18(22)13-4-2-12(10-20)3-5-13/h2-9,11H,1H3. The Kier molecular flexibility index (Phi) is 4.08. The van der Waals surface area contributed by atoms with Crippen LogP contribution in [0.2, 0.25) is 0 Å². The number of rotatable bonds is 4. The van der Waals surface area contributed by atoms with Gasteiger partial charge in [0, 0.05) is 5.56 Å². The number of ether oxygens (including phenoxy) is 1. The van der Waals surface area contributed by atoms with Crippen LogP contribution in [-0.4, -0.2) is 22.9 Å². The van der Waals surface area contributed by atoms with Gasteiger partial charge in [-0.2, -0.15) is 9.65 Å². The summed E-state index contributed by atoms with van der Waals surface area (Å²) in [7, 11) is 1.54. The molecule has 6 heteroatoms. The van der Waals surface area contributed by atoms with Crippen molar-refractivity contribution in [2.45, 2.75) is 0 Å². The van der Waals surface area contributed by atoms with Crippen LogP contribution in [0, 0.1) is 17.3 Å². The molecule has 0 unspecified atom stereocenters. The highest BCUT2D eigenvalue weighted by atomic mass is 19.1. The monoisotopic (exact) mass is 321 g/mol. The lowest BCUT2D eigenvalue weighted by Gasteiger charge is -2.09. The summed E-state index contributed by atoms with van der Waals surface area (Å²) >= 11 is 0. The fourth-order valence-electron chi connectivity index (χ4n) is 2.35. The molecular formula is C18H12FN3O2. The van der Waals surface area contributed by atoms with Crippen LogP contribution in [0.15, 0.2) is 48.5 Å². The summed E-state index contributed by atoms with van der Waals surface area (Å²) in [6, 6.07) is 15.3. The largest absolute Gasteiger partial charge is 0.497 e. The molecular weight excluding hydrogens is 309 g/mol. The van der Waals surface area contributed by atoms with E-state index in [0.29, 0.717) is 28.8 Å². The van der Waals surface area contributed by atoms with E-state index in [0.717, 1.165) is 0 Å². The molecule has 0 N–H and O–H groups in total. The number of methoxy groups -OCH3 is 1. The van der Waals surface area contributed by atoms with Gasteiger partial charge in [-0.05, 0) is 48.5 Å². The van der Waals surface area contributed by atoms with Crippen LogP contribution in [0.1, 0.15) is 16.1 Å². The second kappa shape index (κ2) is 6.34. The number of nitriles is 1. The van der Waals surface area contributed by atoms with Crippen molar-refractivity contribution in [2.75, 3.05) is 7.11 Å². The van der Waals surface area contributed by atoms with Crippen LogP contribution < -0.4 is 4.74 Å². The normalized spacial score (nSPS) is 10.2. The predicted octanol–water partition coefficient (Wildman–Crippen LogP) is 3.37. The predicted molar refractivity (Wildman–Crippen MR) is 85.6 cm³/mol. The van der Waals surface area contributed by atoms with Gasteiger partial charge in [-0.15, -0.1) is 0 Å². The van der Waals surface area contributed by atoms with Crippen molar-refractivity contribution in [1.82, 2.24) is 9.55 Å². The first-order valence-electron chi connectivity index (χ1n) is 7.06. The van der Waals surface area contributed by atoms with Gasteiger partial charge in [0.1, 0.15) is 11.6 Å². The fourth-order valence-corrected chi connectivity index (χ4v) is 2.35. The van der Waals surface area contributed by atoms with Crippen molar-refractivity contribution in [2.24, 2.45) is 0 Å². The summed E-state index contributed by atoms with van der Waals surface area (Å²) in [6.45, 7) is 0. The Morgan fingerprint density at radius 3 is 2.38 bits per heavy atom. The van der Waals surface area contributed by atoms with Gasteiger partial charge in [0.2, 0.25) is 5.95 Å². The lowest BCUT2D eigenvalue weighted by atomic mass is 10.1. The van der Waals surface area contributed by atoms with Gasteiger partial charge in [-0.3, -0.25) is 9.36 Å². The summed E-state index contributed by atoms with van der Waals surface area (Å²) in [4.78, 5) is 15.2. The van der Waals surface area contributed by atoms with Crippen LogP contribution in [0.25, 0.3) is 17.1 Å². The number of hydrogen-bond donors (Lipinski definition) is 0. The van der Waals surface area contributed by atoms with E-state index < -0.39 is 5.95 Å². The Labute approximate surface area is 137 Å². The number of halogens is 1. The second-order valence-electron chi connectivity index (χ2n) is 4.95. The van der Waals surface area contributed by atoms with Gasteiger partial charge in [0.05, 0.1) is 24.4 Å². The summed E-state index contributed by atoms with van der Waals surface area (Å²) in [5, 5.41) is 8.88. The quantitative estimate of drug-likeness (QED) is 0.691. The summed E-state index contributed by atoms with van der Waals surface area (Å²) < 4.78 is 20.9. The highest BCUT2D eigenvalue weighted by Crippen LogP contribution is 2.26. The molecule has 1 heterocycles. The fraction of sp³-hybridized carbons (Fsp3) is 0.0556. The Balaban J connectivity index is 2.18. The maximum Gasteiger partial charge on any atom is 0.229 e. The molecule has 0 radical (unpaired) electrons. The van der Waals surface area contributed by atoms with Crippen molar-refractivity contribution >= 4 is 6.29 Å². The highest BCUT2D eigenvalue weighted by molar-refractivity contribution is 5.75. The zero-order valence-electron chi connectivity index (χ0n) is 12.7. The van der Waals surface area contributed by atoms with Crippen LogP contribution in [-0.2, 0) is 0 Å². The number of benzene rings is 2. The summed E-state index contributed by atoms with van der Waals surface area (Å²) in [5.41, 5.74) is 1.31. The molecule has 0 fully saturated rings. The lowest BCUT2D eigenvalue weighted by Crippen LogP contribution is -2.01. The Bertz CT molecular complexity index is 923. The van der Waals surface area contributed by atoms with Gasteiger partial charge in [0.15, 0.2) is 12.0 Å². The van der Waals surface area contributed by atoms with E-state index in [-0.39, 0.29) is 11.5 Å². The zero-order valence-corrected chi connectivity index (χ0v) is 12.7. The minimum atomic E-state index is -0.741. The van der Waals surface area contributed by atoms with E-state index in [9.17, 15) is 9.18 Å². The van der Waals surface area contributed by atoms with Gasteiger partial charge in [-0.25, -0.2) is 4.98 Å². The van der Waals surface area contributed by atoms with Crippen molar-refractivity contribution < 1.29 is 13.9 Å². The molecule has 0 bridgehead atoms. The topological polar surface area (TPSA) is 67.9 Å². The van der Waals surface area contributed by atoms with E-state index >= 15 is 0 Å². The molecule has 24 heavy (non-hydrogen) atoms. The molecule has 0 aliphatic carbocycles. The van der Waals surface area contributed by atoms with Gasteiger partial charge < -0.3 is 4.74 Å². The number of aldehydes is 1. The molecule has 3 rings (SSSR count). The van der Waals surface area contributed by atoms with Crippen LogP contribution in [0.4, 0.5) is 4.39 Å². The number of hydrogen-bond acceptors (Lipinski definition) is 4. The molecule has 0 saturated carbocycles.